The van der Waals surface area contributed by atoms with Crippen LogP contribution in [-0.4, -0.2) is 15.1 Å². The summed E-state index contributed by atoms with van der Waals surface area (Å²) < 4.78 is 5.42. The number of nitrogens with one attached hydrogen (secondary N) is 1. The van der Waals surface area contributed by atoms with Crippen LogP contribution in [0.3, 0.4) is 0 Å². The van der Waals surface area contributed by atoms with E-state index in [1.807, 2.05) is 54.7 Å². The van der Waals surface area contributed by atoms with Crippen molar-refractivity contribution in [3.05, 3.63) is 71.1 Å². The third kappa shape index (κ3) is 2.73. The number of H-pyrrole nitrogens is 1. The highest BCUT2D eigenvalue weighted by atomic mass is 35.5. The van der Waals surface area contributed by atoms with Gasteiger partial charge in [0.15, 0.2) is 5.82 Å². The van der Waals surface area contributed by atoms with Crippen molar-refractivity contribution < 1.29 is 4.52 Å². The number of hydrogen-bond acceptors (Lipinski definition) is 3. The molecule has 4 aromatic rings. The third-order valence-electron chi connectivity index (χ3n) is 3.86. The summed E-state index contributed by atoms with van der Waals surface area (Å²) in [7, 11) is 0. The SMILES string of the molecule is Clc1ccccc1CCc1noc(-c2c[nH]c3ccccc23)n1. The molecule has 2 aromatic carbocycles. The first-order valence-corrected chi connectivity index (χ1v) is 7.81. The van der Waals surface area contributed by atoms with E-state index in [4.69, 9.17) is 16.1 Å². The minimum Gasteiger partial charge on any atom is -0.360 e. The Morgan fingerprint density at radius 2 is 1.83 bits per heavy atom. The number of benzene rings is 2. The predicted octanol–water partition coefficient (Wildman–Crippen LogP) is 4.66. The number of fused-ring (bicyclic) bond motifs is 1. The van der Waals surface area contributed by atoms with Gasteiger partial charge in [0.2, 0.25) is 0 Å². The van der Waals surface area contributed by atoms with Crippen LogP contribution in [0.15, 0.2) is 59.3 Å². The Labute approximate surface area is 138 Å². The monoisotopic (exact) mass is 323 g/mol. The second-order valence-electron chi connectivity index (χ2n) is 5.36. The summed E-state index contributed by atoms with van der Waals surface area (Å²) in [5.41, 5.74) is 3.07. The van der Waals surface area contributed by atoms with Crippen LogP contribution in [0.4, 0.5) is 0 Å². The number of nitrogens with zero attached hydrogens (tertiary/aromatic N) is 2. The summed E-state index contributed by atoms with van der Waals surface area (Å²) >= 11 is 6.17. The molecule has 0 atom stereocenters. The average Bonchev–Trinajstić information content (AvgIpc) is 3.20. The van der Waals surface area contributed by atoms with E-state index in [0.29, 0.717) is 18.1 Å². The average molecular weight is 324 g/mol. The third-order valence-corrected chi connectivity index (χ3v) is 4.23. The first-order valence-electron chi connectivity index (χ1n) is 7.44. The fourth-order valence-corrected chi connectivity index (χ4v) is 2.89. The van der Waals surface area contributed by atoms with Gasteiger partial charge in [-0.15, -0.1) is 0 Å². The van der Waals surface area contributed by atoms with E-state index in [1.165, 1.54) is 0 Å². The molecule has 0 radical (unpaired) electrons. The van der Waals surface area contributed by atoms with Gasteiger partial charge in [0.25, 0.3) is 5.89 Å². The molecule has 5 heteroatoms. The van der Waals surface area contributed by atoms with Crippen LogP contribution in [0, 0.1) is 0 Å². The minimum absolute atomic E-state index is 0.539. The van der Waals surface area contributed by atoms with Gasteiger partial charge in [-0.05, 0) is 24.1 Å². The van der Waals surface area contributed by atoms with E-state index in [2.05, 4.69) is 15.1 Å². The summed E-state index contributed by atoms with van der Waals surface area (Å²) in [5, 5.41) is 5.93. The summed E-state index contributed by atoms with van der Waals surface area (Å²) in [6.45, 7) is 0. The lowest BCUT2D eigenvalue weighted by molar-refractivity contribution is 0.422. The standard InChI is InChI=1S/C18H14ClN3O/c19-15-7-3-1-5-12(15)9-10-17-21-18(23-22-17)14-11-20-16-8-4-2-6-13(14)16/h1-8,11,20H,9-10H2. The van der Waals surface area contributed by atoms with Crippen LogP contribution in [-0.2, 0) is 12.8 Å². The second kappa shape index (κ2) is 5.89. The van der Waals surface area contributed by atoms with E-state index < -0.39 is 0 Å². The zero-order valence-corrected chi connectivity index (χ0v) is 13.0. The first-order chi connectivity index (χ1) is 11.3. The number of hydrogen-bond donors (Lipinski definition) is 1. The molecule has 0 unspecified atom stereocenters. The highest BCUT2D eigenvalue weighted by Gasteiger charge is 2.13. The zero-order chi connectivity index (χ0) is 15.6. The van der Waals surface area contributed by atoms with Crippen LogP contribution < -0.4 is 0 Å². The summed E-state index contributed by atoms with van der Waals surface area (Å²) in [5.74, 6) is 1.22. The molecule has 4 nitrogen and oxygen atoms in total. The van der Waals surface area contributed by atoms with Crippen molar-refractivity contribution in [2.24, 2.45) is 0 Å². The van der Waals surface area contributed by atoms with Crippen molar-refractivity contribution >= 4 is 22.5 Å². The van der Waals surface area contributed by atoms with Crippen molar-refractivity contribution in [2.45, 2.75) is 12.8 Å². The summed E-state index contributed by atoms with van der Waals surface area (Å²) in [6, 6.07) is 15.9. The molecule has 114 valence electrons. The Bertz CT molecular complexity index is 957. The van der Waals surface area contributed by atoms with Gasteiger partial charge < -0.3 is 9.51 Å². The molecule has 0 saturated carbocycles. The lowest BCUT2D eigenvalue weighted by Gasteiger charge is -2.00. The Balaban J connectivity index is 1.56. The van der Waals surface area contributed by atoms with Gasteiger partial charge >= 0.3 is 0 Å². The first kappa shape index (κ1) is 14.0. The largest absolute Gasteiger partial charge is 0.360 e. The molecule has 0 bridgehead atoms. The van der Waals surface area contributed by atoms with Gasteiger partial charge in [-0.2, -0.15) is 4.98 Å². The minimum atomic E-state index is 0.539. The fourth-order valence-electron chi connectivity index (χ4n) is 2.66. The molecule has 0 spiro atoms. The number of para-hydroxylation sites is 1. The van der Waals surface area contributed by atoms with Crippen LogP contribution in [0.5, 0.6) is 0 Å². The lowest BCUT2D eigenvalue weighted by Crippen LogP contribution is -1.94. The number of aromatic nitrogens is 3. The predicted molar refractivity (Wildman–Crippen MR) is 90.5 cm³/mol. The molecule has 0 aliphatic carbocycles. The maximum atomic E-state index is 6.17. The normalized spacial score (nSPS) is 11.2. The Morgan fingerprint density at radius 3 is 2.74 bits per heavy atom. The molecule has 2 heterocycles. The molecule has 0 saturated heterocycles. The van der Waals surface area contributed by atoms with Crippen LogP contribution in [0.2, 0.25) is 5.02 Å². The van der Waals surface area contributed by atoms with Gasteiger partial charge in [-0.25, -0.2) is 0 Å². The smallest absolute Gasteiger partial charge is 0.260 e. The van der Waals surface area contributed by atoms with Gasteiger partial charge in [-0.3, -0.25) is 0 Å². The van der Waals surface area contributed by atoms with E-state index in [0.717, 1.165) is 33.5 Å². The molecule has 0 fully saturated rings. The van der Waals surface area contributed by atoms with E-state index in [9.17, 15) is 0 Å². The number of aryl methyl sites for hydroxylation is 2. The van der Waals surface area contributed by atoms with E-state index in [1.54, 1.807) is 0 Å². The Morgan fingerprint density at radius 1 is 1.00 bits per heavy atom. The molecular formula is C18H14ClN3O. The summed E-state index contributed by atoms with van der Waals surface area (Å²) in [4.78, 5) is 7.72. The maximum Gasteiger partial charge on any atom is 0.260 e. The number of halogens is 1. The lowest BCUT2D eigenvalue weighted by atomic mass is 10.1. The number of rotatable bonds is 4. The van der Waals surface area contributed by atoms with Crippen molar-refractivity contribution in [3.63, 3.8) is 0 Å². The quantitative estimate of drug-likeness (QED) is 0.594. The zero-order valence-electron chi connectivity index (χ0n) is 12.3. The van der Waals surface area contributed by atoms with E-state index in [-0.39, 0.29) is 0 Å². The van der Waals surface area contributed by atoms with Crippen molar-refractivity contribution in [1.29, 1.82) is 0 Å². The van der Waals surface area contributed by atoms with Gasteiger partial charge in [0, 0.05) is 28.5 Å². The molecule has 1 N–H and O–H groups in total. The van der Waals surface area contributed by atoms with Crippen LogP contribution in [0.1, 0.15) is 11.4 Å². The molecule has 23 heavy (non-hydrogen) atoms. The second-order valence-corrected chi connectivity index (χ2v) is 5.76. The van der Waals surface area contributed by atoms with Crippen LogP contribution >= 0.6 is 11.6 Å². The van der Waals surface area contributed by atoms with Gasteiger partial charge in [-0.1, -0.05) is 53.2 Å². The van der Waals surface area contributed by atoms with Gasteiger partial charge in [0.05, 0.1) is 5.56 Å². The Kier molecular flexibility index (Phi) is 3.60. The molecule has 0 aliphatic rings. The Hall–Kier alpha value is -2.59. The van der Waals surface area contributed by atoms with Crippen molar-refractivity contribution in [2.75, 3.05) is 0 Å². The molecular weight excluding hydrogens is 310 g/mol. The van der Waals surface area contributed by atoms with Gasteiger partial charge in [0.1, 0.15) is 0 Å². The molecule has 2 aromatic heterocycles. The fraction of sp³-hybridized carbons (Fsp3) is 0.111. The van der Waals surface area contributed by atoms with Crippen molar-refractivity contribution in [3.8, 4) is 11.5 Å². The maximum absolute atomic E-state index is 6.17. The highest BCUT2D eigenvalue weighted by molar-refractivity contribution is 6.31. The topological polar surface area (TPSA) is 54.7 Å². The van der Waals surface area contributed by atoms with Crippen molar-refractivity contribution in [1.82, 2.24) is 15.1 Å². The highest BCUT2D eigenvalue weighted by Crippen LogP contribution is 2.27. The molecule has 0 aliphatic heterocycles. The molecule has 0 amide bonds. The van der Waals surface area contributed by atoms with Crippen LogP contribution in [0.25, 0.3) is 22.4 Å². The summed E-state index contributed by atoms with van der Waals surface area (Å²) in [6.07, 6.45) is 3.37. The number of aromatic amines is 1. The molecule has 4 rings (SSSR count). The van der Waals surface area contributed by atoms with E-state index >= 15 is 0 Å².